The molecule has 4 heteroatoms. The molecule has 0 rings (SSSR count). The number of hydrogen-bond donors (Lipinski definition) is 3. The third-order valence-electron chi connectivity index (χ3n) is 2.24. The minimum Gasteiger partial charge on any atom is -0.393 e. The van der Waals surface area contributed by atoms with E-state index in [1.807, 2.05) is 0 Å². The van der Waals surface area contributed by atoms with E-state index in [1.165, 1.54) is 0 Å². The predicted molar refractivity (Wildman–Crippen MR) is 56.2 cm³/mol. The van der Waals surface area contributed by atoms with Crippen LogP contribution in [-0.2, 0) is 4.74 Å². The predicted octanol–water partition coefficient (Wildman–Crippen LogP) is -0.00970. The van der Waals surface area contributed by atoms with Crippen LogP contribution in [0.1, 0.15) is 20.8 Å². The van der Waals surface area contributed by atoms with Crippen molar-refractivity contribution in [3.05, 3.63) is 0 Å². The molecule has 0 aliphatic carbocycles. The highest BCUT2D eigenvalue weighted by Crippen LogP contribution is 2.05. The quantitative estimate of drug-likeness (QED) is 0.547. The standard InChI is InChI=1S/C10H23NO3/c1-8(2)9(5-14-4)11-6-10(3,13)7-12/h8-9,11-13H,5-7H2,1-4H3. The first-order valence-electron chi connectivity index (χ1n) is 4.98. The molecule has 0 fully saturated rings. The van der Waals surface area contributed by atoms with Crippen LogP contribution in [-0.4, -0.2) is 48.7 Å². The molecule has 0 radical (unpaired) electrons. The number of ether oxygens (including phenoxy) is 1. The van der Waals surface area contributed by atoms with Crippen molar-refractivity contribution in [2.24, 2.45) is 5.92 Å². The Kier molecular flexibility index (Phi) is 6.27. The van der Waals surface area contributed by atoms with Gasteiger partial charge in [-0.15, -0.1) is 0 Å². The van der Waals surface area contributed by atoms with Gasteiger partial charge in [-0.05, 0) is 12.8 Å². The van der Waals surface area contributed by atoms with E-state index < -0.39 is 5.60 Å². The van der Waals surface area contributed by atoms with Gasteiger partial charge in [0.25, 0.3) is 0 Å². The summed E-state index contributed by atoms with van der Waals surface area (Å²) in [5.41, 5.74) is -1.05. The van der Waals surface area contributed by atoms with Gasteiger partial charge < -0.3 is 20.3 Å². The fourth-order valence-corrected chi connectivity index (χ4v) is 1.07. The third kappa shape index (κ3) is 5.54. The van der Waals surface area contributed by atoms with E-state index in [0.29, 0.717) is 19.1 Å². The maximum absolute atomic E-state index is 9.57. The third-order valence-corrected chi connectivity index (χ3v) is 2.24. The van der Waals surface area contributed by atoms with E-state index in [2.05, 4.69) is 19.2 Å². The summed E-state index contributed by atoms with van der Waals surface area (Å²) in [5, 5.41) is 21.6. The van der Waals surface area contributed by atoms with Gasteiger partial charge in [0.2, 0.25) is 0 Å². The molecule has 3 N–H and O–H groups in total. The Balaban J connectivity index is 3.93. The fourth-order valence-electron chi connectivity index (χ4n) is 1.07. The molecule has 0 aliphatic rings. The summed E-state index contributed by atoms with van der Waals surface area (Å²) in [6.45, 7) is 6.52. The number of hydrogen-bond acceptors (Lipinski definition) is 4. The second-order valence-electron chi connectivity index (χ2n) is 4.34. The average Bonchev–Trinajstić information content (AvgIpc) is 2.12. The Hall–Kier alpha value is -0.160. The molecule has 4 nitrogen and oxygen atoms in total. The molecule has 0 aliphatic heterocycles. The molecule has 0 bridgehead atoms. The fraction of sp³-hybridized carbons (Fsp3) is 1.00. The lowest BCUT2D eigenvalue weighted by molar-refractivity contribution is -0.00305. The molecule has 2 atom stereocenters. The Labute approximate surface area is 86.3 Å². The van der Waals surface area contributed by atoms with Gasteiger partial charge in [-0.2, -0.15) is 0 Å². The van der Waals surface area contributed by atoms with E-state index in [4.69, 9.17) is 9.84 Å². The van der Waals surface area contributed by atoms with Crippen LogP contribution in [0, 0.1) is 5.92 Å². The summed E-state index contributed by atoms with van der Waals surface area (Å²) in [5.74, 6) is 0.435. The molecule has 86 valence electrons. The summed E-state index contributed by atoms with van der Waals surface area (Å²) in [6.07, 6.45) is 0. The normalized spacial score (nSPS) is 18.2. The SMILES string of the molecule is COCC(NCC(C)(O)CO)C(C)C. The van der Waals surface area contributed by atoms with Gasteiger partial charge in [0.1, 0.15) is 0 Å². The van der Waals surface area contributed by atoms with Gasteiger partial charge in [0.15, 0.2) is 0 Å². The molecule has 2 unspecified atom stereocenters. The van der Waals surface area contributed by atoms with Crippen molar-refractivity contribution in [3.8, 4) is 0 Å². The summed E-state index contributed by atoms with van der Waals surface area (Å²) >= 11 is 0. The first-order valence-corrected chi connectivity index (χ1v) is 4.98. The molecule has 0 aromatic rings. The van der Waals surface area contributed by atoms with Crippen LogP contribution in [0.5, 0.6) is 0 Å². The maximum atomic E-state index is 9.57. The van der Waals surface area contributed by atoms with Crippen LogP contribution in [0.2, 0.25) is 0 Å². The first-order chi connectivity index (χ1) is 6.43. The second-order valence-corrected chi connectivity index (χ2v) is 4.34. The number of nitrogens with one attached hydrogen (secondary N) is 1. The molecule has 0 saturated heterocycles. The van der Waals surface area contributed by atoms with E-state index >= 15 is 0 Å². The Morgan fingerprint density at radius 3 is 2.36 bits per heavy atom. The van der Waals surface area contributed by atoms with Crippen molar-refractivity contribution in [3.63, 3.8) is 0 Å². The zero-order valence-corrected chi connectivity index (χ0v) is 9.58. The molecular formula is C10H23NO3. The average molecular weight is 205 g/mol. The Morgan fingerprint density at radius 1 is 1.43 bits per heavy atom. The molecule has 0 saturated carbocycles. The van der Waals surface area contributed by atoms with Gasteiger partial charge in [0.05, 0.1) is 18.8 Å². The minimum atomic E-state index is -1.05. The Bertz CT molecular complexity index is 148. The highest BCUT2D eigenvalue weighted by molar-refractivity contribution is 4.78. The monoisotopic (exact) mass is 205 g/mol. The van der Waals surface area contributed by atoms with Crippen LogP contribution in [0.4, 0.5) is 0 Å². The van der Waals surface area contributed by atoms with Gasteiger partial charge in [-0.3, -0.25) is 0 Å². The maximum Gasteiger partial charge on any atom is 0.0972 e. The summed E-state index contributed by atoms with van der Waals surface area (Å²) in [7, 11) is 1.65. The molecule has 0 spiro atoms. The molecule has 0 aromatic carbocycles. The van der Waals surface area contributed by atoms with Crippen LogP contribution in [0.25, 0.3) is 0 Å². The smallest absolute Gasteiger partial charge is 0.0972 e. The van der Waals surface area contributed by atoms with Gasteiger partial charge in [0, 0.05) is 19.7 Å². The zero-order valence-electron chi connectivity index (χ0n) is 9.58. The molecule has 0 heterocycles. The molecule has 14 heavy (non-hydrogen) atoms. The van der Waals surface area contributed by atoms with Crippen LogP contribution < -0.4 is 5.32 Å². The van der Waals surface area contributed by atoms with E-state index in [1.54, 1.807) is 14.0 Å². The lowest BCUT2D eigenvalue weighted by Crippen LogP contribution is -2.48. The minimum absolute atomic E-state index is 0.207. The van der Waals surface area contributed by atoms with Crippen LogP contribution in [0.15, 0.2) is 0 Å². The van der Waals surface area contributed by atoms with E-state index in [0.717, 1.165) is 0 Å². The van der Waals surface area contributed by atoms with Gasteiger partial charge in [-0.1, -0.05) is 13.8 Å². The molecule has 0 aromatic heterocycles. The molecular weight excluding hydrogens is 182 g/mol. The largest absolute Gasteiger partial charge is 0.393 e. The van der Waals surface area contributed by atoms with E-state index in [9.17, 15) is 5.11 Å². The number of aliphatic hydroxyl groups is 2. The number of methoxy groups -OCH3 is 1. The first kappa shape index (κ1) is 13.8. The topological polar surface area (TPSA) is 61.7 Å². The number of rotatable bonds is 7. The van der Waals surface area contributed by atoms with Crippen molar-refractivity contribution in [1.82, 2.24) is 5.32 Å². The summed E-state index contributed by atoms with van der Waals surface area (Å²) in [6, 6.07) is 0.207. The highest BCUT2D eigenvalue weighted by Gasteiger charge is 2.21. The van der Waals surface area contributed by atoms with Crippen molar-refractivity contribution in [2.75, 3.05) is 26.9 Å². The Morgan fingerprint density at radius 2 is 2.00 bits per heavy atom. The van der Waals surface area contributed by atoms with Crippen molar-refractivity contribution >= 4 is 0 Å². The van der Waals surface area contributed by atoms with Gasteiger partial charge >= 0.3 is 0 Å². The summed E-state index contributed by atoms with van der Waals surface area (Å²) < 4.78 is 5.06. The highest BCUT2D eigenvalue weighted by atomic mass is 16.5. The van der Waals surface area contributed by atoms with E-state index in [-0.39, 0.29) is 12.6 Å². The van der Waals surface area contributed by atoms with Gasteiger partial charge in [-0.25, -0.2) is 0 Å². The van der Waals surface area contributed by atoms with Crippen LogP contribution >= 0.6 is 0 Å². The lowest BCUT2D eigenvalue weighted by Gasteiger charge is -2.27. The number of aliphatic hydroxyl groups excluding tert-OH is 1. The summed E-state index contributed by atoms with van der Waals surface area (Å²) in [4.78, 5) is 0. The van der Waals surface area contributed by atoms with Crippen LogP contribution in [0.3, 0.4) is 0 Å². The lowest BCUT2D eigenvalue weighted by atomic mass is 10.0. The zero-order chi connectivity index (χ0) is 11.2. The van der Waals surface area contributed by atoms with Crippen molar-refractivity contribution in [2.45, 2.75) is 32.4 Å². The second kappa shape index (κ2) is 6.35. The van der Waals surface area contributed by atoms with Crippen molar-refractivity contribution in [1.29, 1.82) is 0 Å². The van der Waals surface area contributed by atoms with Crippen molar-refractivity contribution < 1.29 is 14.9 Å². The molecule has 0 amide bonds.